The summed E-state index contributed by atoms with van der Waals surface area (Å²) in [6.45, 7) is 6.41. The van der Waals surface area contributed by atoms with E-state index < -0.39 is 0 Å². The highest BCUT2D eigenvalue weighted by atomic mass is 15.3. The van der Waals surface area contributed by atoms with Crippen LogP contribution < -0.4 is 5.32 Å². The van der Waals surface area contributed by atoms with Gasteiger partial charge in [0.25, 0.3) is 0 Å². The summed E-state index contributed by atoms with van der Waals surface area (Å²) >= 11 is 0. The van der Waals surface area contributed by atoms with Crippen LogP contribution in [0.25, 0.3) is 0 Å². The Kier molecular flexibility index (Phi) is 5.34. The third kappa shape index (κ3) is 4.28. The molecule has 2 rings (SSSR count). The van der Waals surface area contributed by atoms with Gasteiger partial charge in [0, 0.05) is 19.5 Å². The van der Waals surface area contributed by atoms with Gasteiger partial charge in [0.15, 0.2) is 0 Å². The topological polar surface area (TPSA) is 46.0 Å². The van der Waals surface area contributed by atoms with Crippen molar-refractivity contribution in [1.29, 1.82) is 0 Å². The SMILES string of the molecule is Cc1nnc(CC2CCCNCC2)n1CCN(C)C. The van der Waals surface area contributed by atoms with Crippen molar-refractivity contribution in [3.63, 3.8) is 0 Å². The highest BCUT2D eigenvalue weighted by Gasteiger charge is 2.17. The van der Waals surface area contributed by atoms with E-state index in [0.717, 1.165) is 37.8 Å². The molecule has 0 spiro atoms. The fourth-order valence-corrected chi connectivity index (χ4v) is 2.72. The molecule has 1 aliphatic heterocycles. The molecule has 108 valence electrons. The molecule has 5 nitrogen and oxygen atoms in total. The highest BCUT2D eigenvalue weighted by Crippen LogP contribution is 2.18. The summed E-state index contributed by atoms with van der Waals surface area (Å²) < 4.78 is 2.29. The molecule has 1 unspecified atom stereocenters. The van der Waals surface area contributed by atoms with Crippen LogP contribution in [0.4, 0.5) is 0 Å². The second-order valence-electron chi connectivity index (χ2n) is 5.87. The van der Waals surface area contributed by atoms with Gasteiger partial charge < -0.3 is 14.8 Å². The number of hydrogen-bond donors (Lipinski definition) is 1. The van der Waals surface area contributed by atoms with Gasteiger partial charge in [-0.05, 0) is 59.3 Å². The van der Waals surface area contributed by atoms with E-state index in [9.17, 15) is 0 Å². The molecule has 1 fully saturated rings. The summed E-state index contributed by atoms with van der Waals surface area (Å²) in [5.41, 5.74) is 0. The minimum absolute atomic E-state index is 0.761. The Morgan fingerprint density at radius 1 is 1.26 bits per heavy atom. The first kappa shape index (κ1) is 14.5. The van der Waals surface area contributed by atoms with Gasteiger partial charge in [-0.3, -0.25) is 0 Å². The van der Waals surface area contributed by atoms with Crippen LogP contribution in [0.2, 0.25) is 0 Å². The molecule has 2 heterocycles. The van der Waals surface area contributed by atoms with E-state index in [4.69, 9.17) is 0 Å². The monoisotopic (exact) mass is 265 g/mol. The summed E-state index contributed by atoms with van der Waals surface area (Å²) in [4.78, 5) is 2.21. The first-order valence-corrected chi connectivity index (χ1v) is 7.41. The fraction of sp³-hybridized carbons (Fsp3) is 0.857. The first-order chi connectivity index (χ1) is 9.16. The molecule has 1 aliphatic rings. The summed E-state index contributed by atoms with van der Waals surface area (Å²) in [5.74, 6) is 2.98. The van der Waals surface area contributed by atoms with Crippen molar-refractivity contribution in [2.45, 2.75) is 39.2 Å². The minimum Gasteiger partial charge on any atom is -0.317 e. The summed E-state index contributed by atoms with van der Waals surface area (Å²) in [6.07, 6.45) is 4.94. The van der Waals surface area contributed by atoms with E-state index in [2.05, 4.69) is 46.0 Å². The van der Waals surface area contributed by atoms with Crippen LogP contribution >= 0.6 is 0 Å². The Morgan fingerprint density at radius 2 is 2.11 bits per heavy atom. The van der Waals surface area contributed by atoms with Gasteiger partial charge in [-0.15, -0.1) is 10.2 Å². The molecule has 1 aromatic rings. The summed E-state index contributed by atoms with van der Waals surface area (Å²) in [5, 5.41) is 12.1. The molecule has 0 aromatic carbocycles. The minimum atomic E-state index is 0.761. The number of nitrogens with one attached hydrogen (secondary N) is 1. The number of nitrogens with zero attached hydrogens (tertiary/aromatic N) is 4. The smallest absolute Gasteiger partial charge is 0.133 e. The molecular weight excluding hydrogens is 238 g/mol. The zero-order chi connectivity index (χ0) is 13.7. The largest absolute Gasteiger partial charge is 0.317 e. The lowest BCUT2D eigenvalue weighted by molar-refractivity contribution is 0.372. The molecular formula is C14H27N5. The fourth-order valence-electron chi connectivity index (χ4n) is 2.72. The van der Waals surface area contributed by atoms with Gasteiger partial charge in [0.1, 0.15) is 11.6 Å². The Hall–Kier alpha value is -0.940. The molecule has 1 saturated heterocycles. The predicted molar refractivity (Wildman–Crippen MR) is 77.2 cm³/mol. The number of aryl methyl sites for hydroxylation is 1. The van der Waals surface area contributed by atoms with Crippen LogP contribution in [0, 0.1) is 12.8 Å². The lowest BCUT2D eigenvalue weighted by atomic mass is 9.96. The number of aromatic nitrogens is 3. The van der Waals surface area contributed by atoms with E-state index in [0.29, 0.717) is 0 Å². The molecule has 0 aliphatic carbocycles. The van der Waals surface area contributed by atoms with Crippen molar-refractivity contribution in [3.8, 4) is 0 Å². The average Bonchev–Trinajstić information content (AvgIpc) is 2.57. The van der Waals surface area contributed by atoms with E-state index >= 15 is 0 Å². The van der Waals surface area contributed by atoms with Crippen molar-refractivity contribution in [1.82, 2.24) is 25.0 Å². The Balaban J connectivity index is 1.98. The van der Waals surface area contributed by atoms with E-state index in [1.807, 2.05) is 0 Å². The summed E-state index contributed by atoms with van der Waals surface area (Å²) in [7, 11) is 4.21. The summed E-state index contributed by atoms with van der Waals surface area (Å²) in [6, 6.07) is 0. The second-order valence-corrected chi connectivity index (χ2v) is 5.87. The third-order valence-electron chi connectivity index (χ3n) is 3.95. The quantitative estimate of drug-likeness (QED) is 0.865. The number of rotatable bonds is 5. The van der Waals surface area contributed by atoms with E-state index in [1.165, 1.54) is 31.6 Å². The van der Waals surface area contributed by atoms with Crippen molar-refractivity contribution < 1.29 is 0 Å². The molecule has 1 N–H and O–H groups in total. The van der Waals surface area contributed by atoms with Crippen molar-refractivity contribution in [3.05, 3.63) is 11.6 Å². The van der Waals surface area contributed by atoms with Crippen LogP contribution in [0.5, 0.6) is 0 Å². The van der Waals surface area contributed by atoms with Crippen molar-refractivity contribution in [2.24, 2.45) is 5.92 Å². The zero-order valence-corrected chi connectivity index (χ0v) is 12.5. The van der Waals surface area contributed by atoms with Crippen LogP contribution in [0.3, 0.4) is 0 Å². The molecule has 0 radical (unpaired) electrons. The van der Waals surface area contributed by atoms with Crippen LogP contribution in [0.1, 0.15) is 30.9 Å². The van der Waals surface area contributed by atoms with Crippen LogP contribution in [-0.2, 0) is 13.0 Å². The Bertz CT molecular complexity index is 377. The van der Waals surface area contributed by atoms with E-state index in [1.54, 1.807) is 0 Å². The molecule has 1 aromatic heterocycles. The molecule has 0 saturated carbocycles. The van der Waals surface area contributed by atoms with Gasteiger partial charge >= 0.3 is 0 Å². The normalized spacial score (nSPS) is 20.7. The lowest BCUT2D eigenvalue weighted by Crippen LogP contribution is -2.21. The van der Waals surface area contributed by atoms with Crippen molar-refractivity contribution in [2.75, 3.05) is 33.7 Å². The van der Waals surface area contributed by atoms with Gasteiger partial charge in [0.05, 0.1) is 0 Å². The molecule has 0 bridgehead atoms. The van der Waals surface area contributed by atoms with E-state index in [-0.39, 0.29) is 0 Å². The first-order valence-electron chi connectivity index (χ1n) is 7.41. The zero-order valence-electron chi connectivity index (χ0n) is 12.5. The van der Waals surface area contributed by atoms with Crippen molar-refractivity contribution >= 4 is 0 Å². The maximum absolute atomic E-state index is 4.39. The maximum Gasteiger partial charge on any atom is 0.133 e. The van der Waals surface area contributed by atoms with Crippen LogP contribution in [-0.4, -0.2) is 53.4 Å². The van der Waals surface area contributed by atoms with Gasteiger partial charge in [-0.2, -0.15) is 0 Å². The highest BCUT2D eigenvalue weighted by molar-refractivity contribution is 4.96. The molecule has 0 amide bonds. The lowest BCUT2D eigenvalue weighted by Gasteiger charge is -2.16. The molecule has 19 heavy (non-hydrogen) atoms. The van der Waals surface area contributed by atoms with Gasteiger partial charge in [-0.25, -0.2) is 0 Å². The third-order valence-corrected chi connectivity index (χ3v) is 3.95. The number of likely N-dealkylation sites (N-methyl/N-ethyl adjacent to an activating group) is 1. The van der Waals surface area contributed by atoms with Gasteiger partial charge in [0.2, 0.25) is 0 Å². The average molecular weight is 265 g/mol. The van der Waals surface area contributed by atoms with Gasteiger partial charge in [-0.1, -0.05) is 0 Å². The maximum atomic E-state index is 4.39. The number of hydrogen-bond acceptors (Lipinski definition) is 4. The molecule has 5 heteroatoms. The Labute approximate surface area is 116 Å². The Morgan fingerprint density at radius 3 is 2.89 bits per heavy atom. The van der Waals surface area contributed by atoms with Crippen LogP contribution in [0.15, 0.2) is 0 Å². The second kappa shape index (κ2) is 7.01. The predicted octanol–water partition coefficient (Wildman–Crippen LogP) is 1.08. The standard InChI is InChI=1S/C14H27N5/c1-12-16-17-14(19(12)10-9-18(2)3)11-13-5-4-7-15-8-6-13/h13,15H,4-11H2,1-3H3. The molecule has 1 atom stereocenters.